The molecule has 0 N–H and O–H groups in total. The van der Waals surface area contributed by atoms with Crippen molar-refractivity contribution in [3.05, 3.63) is 22.4 Å². The van der Waals surface area contributed by atoms with Gasteiger partial charge in [0.1, 0.15) is 6.10 Å². The van der Waals surface area contributed by atoms with Crippen molar-refractivity contribution in [2.45, 2.75) is 25.4 Å². The predicted octanol–water partition coefficient (Wildman–Crippen LogP) is 1.92. The molecule has 0 aliphatic carbocycles. The lowest BCUT2D eigenvalue weighted by Crippen LogP contribution is -2.36. The first-order chi connectivity index (χ1) is 9.94. The monoisotopic (exact) mass is 374 g/mol. The summed E-state index contributed by atoms with van der Waals surface area (Å²) in [5, 5.41) is 0. The van der Waals surface area contributed by atoms with Gasteiger partial charge in [0.15, 0.2) is 9.84 Å². The summed E-state index contributed by atoms with van der Waals surface area (Å²) in [4.78, 5) is 18.1. The van der Waals surface area contributed by atoms with E-state index >= 15 is 0 Å². The molecule has 8 heteroatoms. The van der Waals surface area contributed by atoms with Crippen LogP contribution in [0.2, 0.25) is 0 Å². The van der Waals surface area contributed by atoms with E-state index in [-0.39, 0.29) is 17.6 Å². The van der Waals surface area contributed by atoms with E-state index in [0.717, 1.165) is 15.9 Å². The molecule has 3 heterocycles. The Hall–Kier alpha value is -1.15. The van der Waals surface area contributed by atoms with Crippen LogP contribution in [-0.4, -0.2) is 43.6 Å². The summed E-state index contributed by atoms with van der Waals surface area (Å²) in [5.74, 6) is 0.184. The second kappa shape index (κ2) is 5.57. The van der Waals surface area contributed by atoms with Crippen LogP contribution in [0.3, 0.4) is 0 Å². The van der Waals surface area contributed by atoms with Crippen molar-refractivity contribution in [3.8, 4) is 0 Å². The number of sulfone groups is 1. The summed E-state index contributed by atoms with van der Waals surface area (Å²) in [6.45, 7) is 0.544. The Labute approximate surface area is 131 Å². The molecule has 1 fully saturated rings. The maximum Gasteiger partial charge on any atom is 0.414 e. The van der Waals surface area contributed by atoms with Crippen LogP contribution >= 0.6 is 15.9 Å². The zero-order valence-electron chi connectivity index (χ0n) is 11.3. The van der Waals surface area contributed by atoms with Crippen LogP contribution in [0.4, 0.5) is 10.5 Å². The Morgan fingerprint density at radius 3 is 2.81 bits per heavy atom. The van der Waals surface area contributed by atoms with Crippen LogP contribution in [0.25, 0.3) is 0 Å². The van der Waals surface area contributed by atoms with Gasteiger partial charge in [-0.1, -0.05) is 0 Å². The van der Waals surface area contributed by atoms with Gasteiger partial charge in [0.2, 0.25) is 0 Å². The fourth-order valence-electron chi connectivity index (χ4n) is 2.60. The van der Waals surface area contributed by atoms with Crippen LogP contribution < -0.4 is 4.90 Å². The molecule has 0 spiro atoms. The van der Waals surface area contributed by atoms with Crippen LogP contribution in [0, 0.1) is 0 Å². The zero-order valence-corrected chi connectivity index (χ0v) is 13.7. The normalized spacial score (nSPS) is 21.1. The van der Waals surface area contributed by atoms with E-state index in [1.807, 2.05) is 6.07 Å². The number of anilines is 1. The molecule has 0 unspecified atom stereocenters. The SMILES string of the molecule is O=C(OC1CCS(=O)(=O)CC1)N1CCc2ncc(Br)cc21. The molecule has 1 saturated heterocycles. The van der Waals surface area contributed by atoms with Gasteiger partial charge in [0.05, 0.1) is 22.9 Å². The average Bonchev–Trinajstić information content (AvgIpc) is 2.84. The van der Waals surface area contributed by atoms with Crippen LogP contribution in [-0.2, 0) is 21.0 Å². The Morgan fingerprint density at radius 2 is 2.10 bits per heavy atom. The summed E-state index contributed by atoms with van der Waals surface area (Å²) < 4.78 is 29.0. The number of aromatic nitrogens is 1. The van der Waals surface area contributed by atoms with E-state index in [2.05, 4.69) is 20.9 Å². The van der Waals surface area contributed by atoms with Gasteiger partial charge < -0.3 is 4.74 Å². The number of rotatable bonds is 1. The van der Waals surface area contributed by atoms with Crippen molar-refractivity contribution in [3.63, 3.8) is 0 Å². The van der Waals surface area contributed by atoms with Gasteiger partial charge in [-0.3, -0.25) is 9.88 Å². The van der Waals surface area contributed by atoms with Crippen molar-refractivity contribution in [1.29, 1.82) is 0 Å². The van der Waals surface area contributed by atoms with Crippen LogP contribution in [0.1, 0.15) is 18.5 Å². The van der Waals surface area contributed by atoms with Gasteiger partial charge in [-0.25, -0.2) is 13.2 Å². The molecule has 2 aliphatic heterocycles. The molecular weight excluding hydrogens is 360 g/mol. The van der Waals surface area contributed by atoms with E-state index < -0.39 is 15.9 Å². The minimum atomic E-state index is -2.95. The first-order valence-corrected chi connectivity index (χ1v) is 9.39. The molecule has 1 amide bonds. The summed E-state index contributed by atoms with van der Waals surface area (Å²) in [6.07, 6.45) is 2.44. The third kappa shape index (κ3) is 3.21. The number of ether oxygens (including phenoxy) is 1. The number of pyridine rings is 1. The highest BCUT2D eigenvalue weighted by Gasteiger charge is 2.31. The van der Waals surface area contributed by atoms with Crippen molar-refractivity contribution in [2.24, 2.45) is 0 Å². The summed E-state index contributed by atoms with van der Waals surface area (Å²) in [6, 6.07) is 1.85. The molecule has 0 bridgehead atoms. The molecule has 0 aromatic carbocycles. The largest absolute Gasteiger partial charge is 0.446 e. The van der Waals surface area contributed by atoms with E-state index in [1.165, 1.54) is 0 Å². The lowest BCUT2D eigenvalue weighted by atomic mass is 10.2. The predicted molar refractivity (Wildman–Crippen MR) is 81.1 cm³/mol. The second-order valence-electron chi connectivity index (χ2n) is 5.26. The highest BCUT2D eigenvalue weighted by atomic mass is 79.9. The van der Waals surface area contributed by atoms with Crippen LogP contribution in [0.5, 0.6) is 0 Å². The highest BCUT2D eigenvalue weighted by Crippen LogP contribution is 2.30. The molecule has 3 rings (SSSR count). The van der Waals surface area contributed by atoms with Crippen molar-refractivity contribution in [2.75, 3.05) is 23.0 Å². The third-order valence-electron chi connectivity index (χ3n) is 3.77. The Balaban J connectivity index is 1.67. The van der Waals surface area contributed by atoms with Crippen LogP contribution in [0.15, 0.2) is 16.7 Å². The molecule has 114 valence electrons. The van der Waals surface area contributed by atoms with Gasteiger partial charge in [0, 0.05) is 23.6 Å². The number of carbonyl (C=O) groups is 1. The summed E-state index contributed by atoms with van der Waals surface area (Å²) in [5.41, 5.74) is 1.64. The molecule has 6 nitrogen and oxygen atoms in total. The molecule has 1 aromatic rings. The number of nitrogens with zero attached hydrogens (tertiary/aromatic N) is 2. The zero-order chi connectivity index (χ0) is 15.0. The quantitative estimate of drug-likeness (QED) is 0.750. The third-order valence-corrected chi connectivity index (χ3v) is 5.92. The summed E-state index contributed by atoms with van der Waals surface area (Å²) >= 11 is 3.34. The minimum absolute atomic E-state index is 0.0919. The van der Waals surface area contributed by atoms with E-state index in [9.17, 15) is 13.2 Å². The molecule has 21 heavy (non-hydrogen) atoms. The molecule has 0 atom stereocenters. The van der Waals surface area contributed by atoms with E-state index in [0.29, 0.717) is 25.8 Å². The smallest absolute Gasteiger partial charge is 0.414 e. The molecule has 2 aliphatic rings. The van der Waals surface area contributed by atoms with Gasteiger partial charge in [-0.15, -0.1) is 0 Å². The Kier molecular flexibility index (Phi) is 3.92. The highest BCUT2D eigenvalue weighted by molar-refractivity contribution is 9.10. The van der Waals surface area contributed by atoms with Gasteiger partial charge in [-0.05, 0) is 34.8 Å². The molecule has 1 aromatic heterocycles. The van der Waals surface area contributed by atoms with Crippen molar-refractivity contribution >= 4 is 37.5 Å². The average molecular weight is 375 g/mol. The minimum Gasteiger partial charge on any atom is -0.446 e. The molecule has 0 saturated carbocycles. The molecule has 0 radical (unpaired) electrons. The first-order valence-electron chi connectivity index (χ1n) is 6.77. The van der Waals surface area contributed by atoms with Crippen molar-refractivity contribution in [1.82, 2.24) is 4.98 Å². The fourth-order valence-corrected chi connectivity index (χ4v) is 4.37. The van der Waals surface area contributed by atoms with Gasteiger partial charge in [0.25, 0.3) is 0 Å². The Morgan fingerprint density at radius 1 is 1.38 bits per heavy atom. The van der Waals surface area contributed by atoms with E-state index in [1.54, 1.807) is 11.1 Å². The number of fused-ring (bicyclic) bond motifs is 1. The first kappa shape index (κ1) is 14.8. The van der Waals surface area contributed by atoms with Crippen molar-refractivity contribution < 1.29 is 17.9 Å². The van der Waals surface area contributed by atoms with Gasteiger partial charge in [-0.2, -0.15) is 0 Å². The maximum atomic E-state index is 12.3. The summed E-state index contributed by atoms with van der Waals surface area (Å²) in [7, 11) is -2.95. The number of hydrogen-bond donors (Lipinski definition) is 0. The maximum absolute atomic E-state index is 12.3. The lowest BCUT2D eigenvalue weighted by Gasteiger charge is -2.25. The molecular formula is C13H15BrN2O4S. The number of amides is 1. The Bertz CT molecular complexity index is 663. The van der Waals surface area contributed by atoms with E-state index in [4.69, 9.17) is 4.74 Å². The lowest BCUT2D eigenvalue weighted by molar-refractivity contribution is 0.0983. The van der Waals surface area contributed by atoms with Gasteiger partial charge >= 0.3 is 6.09 Å². The number of carbonyl (C=O) groups excluding carboxylic acids is 1. The standard InChI is InChI=1S/C13H15BrN2O4S/c14-9-7-12-11(15-8-9)1-4-16(12)13(17)20-10-2-5-21(18,19)6-3-10/h7-8,10H,1-6H2. The second-order valence-corrected chi connectivity index (χ2v) is 8.48. The fraction of sp³-hybridized carbons (Fsp3) is 0.538. The number of hydrogen-bond acceptors (Lipinski definition) is 5. The number of halogens is 1. The topological polar surface area (TPSA) is 76.6 Å².